The fourth-order valence-corrected chi connectivity index (χ4v) is 2.74. The highest BCUT2D eigenvalue weighted by molar-refractivity contribution is 6.29. The Morgan fingerprint density at radius 1 is 1.17 bits per heavy atom. The molecule has 2 heterocycles. The maximum Gasteiger partial charge on any atom is 0.278 e. The second kappa shape index (κ2) is 9.26. The summed E-state index contributed by atoms with van der Waals surface area (Å²) < 4.78 is 19.8. The molecule has 29 heavy (non-hydrogen) atoms. The lowest BCUT2D eigenvalue weighted by Crippen LogP contribution is -2.24. The number of carbonyl (C=O) groups is 1. The van der Waals surface area contributed by atoms with Gasteiger partial charge in [-0.25, -0.2) is 14.9 Å². The third kappa shape index (κ3) is 4.76. The van der Waals surface area contributed by atoms with E-state index in [1.54, 1.807) is 6.92 Å². The number of pyridine rings is 1. The van der Waals surface area contributed by atoms with Gasteiger partial charge in [0.25, 0.3) is 5.91 Å². The number of rotatable bonds is 7. The van der Waals surface area contributed by atoms with Crippen LogP contribution in [0.2, 0.25) is 5.15 Å². The van der Waals surface area contributed by atoms with E-state index in [0.29, 0.717) is 17.0 Å². The zero-order valence-corrected chi connectivity index (χ0v) is 16.3. The first-order chi connectivity index (χ1) is 14.0. The Morgan fingerprint density at radius 2 is 2.00 bits per heavy atom. The number of amides is 1. The normalized spacial score (nSPS) is 10.5. The van der Waals surface area contributed by atoms with Gasteiger partial charge in [0.2, 0.25) is 0 Å². The van der Waals surface area contributed by atoms with Crippen LogP contribution >= 0.6 is 11.6 Å². The Morgan fingerprint density at radius 3 is 2.69 bits per heavy atom. The van der Waals surface area contributed by atoms with Crippen molar-refractivity contribution in [1.82, 2.24) is 20.4 Å². The summed E-state index contributed by atoms with van der Waals surface area (Å²) >= 11 is 5.99. The van der Waals surface area contributed by atoms with E-state index in [2.05, 4.69) is 25.7 Å². The fourth-order valence-electron chi connectivity index (χ4n) is 2.59. The summed E-state index contributed by atoms with van der Waals surface area (Å²) in [4.78, 5) is 29.4. The molecule has 0 atom stereocenters. The molecule has 0 bridgehead atoms. The number of hydroxylamine groups is 1. The van der Waals surface area contributed by atoms with Gasteiger partial charge in [0.05, 0.1) is 42.5 Å². The Hall–Kier alpha value is -3.30. The molecule has 8 nitrogen and oxygen atoms in total. The average Bonchev–Trinajstić information content (AvgIpc) is 2.72. The van der Waals surface area contributed by atoms with E-state index < -0.39 is 11.7 Å². The summed E-state index contributed by atoms with van der Waals surface area (Å²) in [6.07, 6.45) is 5.78. The fraction of sp³-hybridized carbons (Fsp3) is 0.158. The lowest BCUT2D eigenvalue weighted by Gasteiger charge is -2.17. The third-order valence-corrected chi connectivity index (χ3v) is 4.00. The largest absolute Gasteiger partial charge is 0.494 e. The van der Waals surface area contributed by atoms with Crippen molar-refractivity contribution in [3.05, 3.63) is 59.5 Å². The molecule has 3 rings (SSSR count). The van der Waals surface area contributed by atoms with Gasteiger partial charge >= 0.3 is 0 Å². The SMILES string of the molecule is CCONC(=O)c1cnc(Cl)cc1Nc1cc(F)cc(-c2cnccn2)c1OC. The molecule has 2 N–H and O–H groups in total. The first-order valence-corrected chi connectivity index (χ1v) is 8.90. The number of aromatic nitrogens is 3. The van der Waals surface area contributed by atoms with Crippen LogP contribution in [0.25, 0.3) is 11.3 Å². The van der Waals surface area contributed by atoms with Crippen molar-refractivity contribution in [2.24, 2.45) is 0 Å². The van der Waals surface area contributed by atoms with Gasteiger partial charge < -0.3 is 10.1 Å². The monoisotopic (exact) mass is 417 g/mol. The van der Waals surface area contributed by atoms with Gasteiger partial charge in [0.15, 0.2) is 5.75 Å². The topological polar surface area (TPSA) is 98.3 Å². The summed E-state index contributed by atoms with van der Waals surface area (Å²) in [6, 6.07) is 3.96. The summed E-state index contributed by atoms with van der Waals surface area (Å²) in [5.74, 6) is -0.756. The number of hydrogen-bond donors (Lipinski definition) is 2. The minimum absolute atomic E-state index is 0.143. The van der Waals surface area contributed by atoms with Crippen LogP contribution in [0.15, 0.2) is 43.0 Å². The van der Waals surface area contributed by atoms with E-state index in [1.807, 2.05) is 0 Å². The first kappa shape index (κ1) is 20.4. The number of carbonyl (C=O) groups excluding carboxylic acids is 1. The average molecular weight is 418 g/mol. The standard InChI is InChI=1S/C19H17ClFN5O3/c1-3-29-26-19(27)13-9-24-17(20)8-14(13)25-15-7-11(21)6-12(18(15)28-2)16-10-22-4-5-23-16/h4-10H,3H2,1-2H3,(H,24,25)(H,26,27). The van der Waals surface area contributed by atoms with Gasteiger partial charge in [-0.2, -0.15) is 0 Å². The Balaban J connectivity index is 2.06. The van der Waals surface area contributed by atoms with Crippen LogP contribution in [0.3, 0.4) is 0 Å². The maximum absolute atomic E-state index is 14.4. The molecular weight excluding hydrogens is 401 g/mol. The van der Waals surface area contributed by atoms with Crippen LogP contribution in [0, 0.1) is 5.82 Å². The first-order valence-electron chi connectivity index (χ1n) is 8.52. The molecule has 0 aliphatic carbocycles. The second-order valence-electron chi connectivity index (χ2n) is 5.67. The molecule has 2 aromatic heterocycles. The van der Waals surface area contributed by atoms with Gasteiger partial charge in [-0.1, -0.05) is 11.6 Å². The second-order valence-corrected chi connectivity index (χ2v) is 6.05. The quantitative estimate of drug-likeness (QED) is 0.446. The predicted molar refractivity (Wildman–Crippen MR) is 106 cm³/mol. The molecular formula is C19H17ClFN5O3. The molecule has 1 amide bonds. The molecule has 0 saturated carbocycles. The zero-order chi connectivity index (χ0) is 20.8. The molecule has 0 spiro atoms. The molecule has 3 aromatic rings. The Labute approximate surface area is 171 Å². The van der Waals surface area contributed by atoms with Crippen molar-refractivity contribution >= 4 is 28.9 Å². The molecule has 0 aliphatic heterocycles. The zero-order valence-electron chi connectivity index (χ0n) is 15.6. The van der Waals surface area contributed by atoms with E-state index in [9.17, 15) is 9.18 Å². The lowest BCUT2D eigenvalue weighted by molar-refractivity contribution is 0.0365. The smallest absolute Gasteiger partial charge is 0.278 e. The third-order valence-electron chi connectivity index (χ3n) is 3.79. The van der Waals surface area contributed by atoms with Crippen molar-refractivity contribution in [3.8, 4) is 17.0 Å². The molecule has 0 saturated heterocycles. The van der Waals surface area contributed by atoms with Gasteiger partial charge in [-0.05, 0) is 19.1 Å². The Bertz CT molecular complexity index is 1020. The van der Waals surface area contributed by atoms with E-state index >= 15 is 0 Å². The molecule has 0 unspecified atom stereocenters. The highest BCUT2D eigenvalue weighted by Gasteiger charge is 2.19. The number of nitrogens with zero attached hydrogens (tertiary/aromatic N) is 3. The number of benzene rings is 1. The van der Waals surface area contributed by atoms with E-state index in [-0.39, 0.29) is 28.7 Å². The summed E-state index contributed by atoms with van der Waals surface area (Å²) in [5.41, 5.74) is 3.80. The minimum atomic E-state index is -0.539. The van der Waals surface area contributed by atoms with Crippen molar-refractivity contribution in [1.29, 1.82) is 0 Å². The highest BCUT2D eigenvalue weighted by atomic mass is 35.5. The van der Waals surface area contributed by atoms with Crippen LogP contribution in [0.5, 0.6) is 5.75 Å². The van der Waals surface area contributed by atoms with E-state index in [0.717, 1.165) is 0 Å². The van der Waals surface area contributed by atoms with Crippen molar-refractivity contribution in [3.63, 3.8) is 0 Å². The van der Waals surface area contributed by atoms with Crippen LogP contribution < -0.4 is 15.5 Å². The molecule has 0 fully saturated rings. The van der Waals surface area contributed by atoms with Crippen LogP contribution in [-0.4, -0.2) is 34.6 Å². The maximum atomic E-state index is 14.4. The van der Waals surface area contributed by atoms with Crippen LogP contribution in [-0.2, 0) is 4.84 Å². The molecule has 1 aromatic carbocycles. The summed E-state index contributed by atoms with van der Waals surface area (Å²) in [6.45, 7) is 2.01. The number of methoxy groups -OCH3 is 1. The lowest BCUT2D eigenvalue weighted by atomic mass is 10.1. The molecule has 150 valence electrons. The van der Waals surface area contributed by atoms with E-state index in [1.165, 1.54) is 50.1 Å². The number of anilines is 2. The van der Waals surface area contributed by atoms with Crippen LogP contribution in [0.4, 0.5) is 15.8 Å². The van der Waals surface area contributed by atoms with Crippen molar-refractivity contribution in [2.45, 2.75) is 6.92 Å². The molecule has 10 heteroatoms. The number of nitrogens with one attached hydrogen (secondary N) is 2. The summed E-state index contributed by atoms with van der Waals surface area (Å²) in [5, 5.41) is 3.13. The summed E-state index contributed by atoms with van der Waals surface area (Å²) in [7, 11) is 1.44. The van der Waals surface area contributed by atoms with E-state index in [4.69, 9.17) is 21.2 Å². The van der Waals surface area contributed by atoms with Gasteiger partial charge in [0.1, 0.15) is 11.0 Å². The van der Waals surface area contributed by atoms with Gasteiger partial charge in [0, 0.05) is 30.2 Å². The number of halogens is 2. The van der Waals surface area contributed by atoms with Gasteiger partial charge in [-0.15, -0.1) is 0 Å². The highest BCUT2D eigenvalue weighted by Crippen LogP contribution is 2.38. The molecule has 0 radical (unpaired) electrons. The van der Waals surface area contributed by atoms with Gasteiger partial charge in [-0.3, -0.25) is 19.6 Å². The van der Waals surface area contributed by atoms with Crippen LogP contribution in [0.1, 0.15) is 17.3 Å². The van der Waals surface area contributed by atoms with Crippen molar-refractivity contribution < 1.29 is 18.8 Å². The minimum Gasteiger partial charge on any atom is -0.494 e. The predicted octanol–water partition coefficient (Wildman–Crippen LogP) is 3.76. The number of hydrogen-bond acceptors (Lipinski definition) is 7. The Kier molecular flexibility index (Phi) is 6.53. The number of ether oxygens (including phenoxy) is 1. The molecule has 0 aliphatic rings. The van der Waals surface area contributed by atoms with Crippen molar-refractivity contribution in [2.75, 3.05) is 19.0 Å².